The zero-order valence-corrected chi connectivity index (χ0v) is 11.0. The first-order valence-corrected chi connectivity index (χ1v) is 8.06. The van der Waals surface area contributed by atoms with Crippen molar-refractivity contribution in [1.29, 1.82) is 0 Å². The van der Waals surface area contributed by atoms with E-state index in [1.807, 2.05) is 0 Å². The molecule has 0 aromatic rings. The number of aliphatic carboxylic acids is 1. The van der Waals surface area contributed by atoms with Crippen LogP contribution in [0, 0.1) is 0 Å². The minimum Gasteiger partial charge on any atom is -0.480 e. The molecule has 0 spiro atoms. The summed E-state index contributed by atoms with van der Waals surface area (Å²) in [5, 5.41) is 12.3. The van der Waals surface area contributed by atoms with Gasteiger partial charge in [0.25, 0.3) is 0 Å². The van der Waals surface area contributed by atoms with Crippen LogP contribution in [0.15, 0.2) is 0 Å². The number of nitrogens with one attached hydrogen (secondary N) is 1. The van der Waals surface area contributed by atoms with Gasteiger partial charge in [0.05, 0.1) is 17.6 Å². The molecule has 18 heavy (non-hydrogen) atoms. The highest BCUT2D eigenvalue weighted by molar-refractivity contribution is 7.91. The van der Waals surface area contributed by atoms with Crippen LogP contribution >= 0.6 is 0 Å². The number of sulfone groups is 1. The molecule has 2 aliphatic heterocycles. The average molecular weight is 277 g/mol. The van der Waals surface area contributed by atoms with Crippen molar-refractivity contribution in [1.82, 2.24) is 5.32 Å². The molecule has 0 aromatic heterocycles. The monoisotopic (exact) mass is 277 g/mol. The summed E-state index contributed by atoms with van der Waals surface area (Å²) in [5.74, 6) is -1.31. The third kappa shape index (κ3) is 3.02. The van der Waals surface area contributed by atoms with E-state index >= 15 is 0 Å². The van der Waals surface area contributed by atoms with Gasteiger partial charge in [0.15, 0.2) is 9.84 Å². The van der Waals surface area contributed by atoms with Crippen molar-refractivity contribution in [3.8, 4) is 0 Å². The van der Waals surface area contributed by atoms with E-state index in [1.54, 1.807) is 0 Å². The van der Waals surface area contributed by atoms with Gasteiger partial charge in [-0.05, 0) is 25.7 Å². The Morgan fingerprint density at radius 3 is 2.78 bits per heavy atom. The standard InChI is InChI=1S/C11H19NO5S/c13-10(14)11(4-2-6-18(15,16)8-11)12-7-9-3-1-5-17-9/h9,12H,1-8H2,(H,13,14). The average Bonchev–Trinajstić information content (AvgIpc) is 2.77. The van der Waals surface area contributed by atoms with Gasteiger partial charge >= 0.3 is 5.97 Å². The smallest absolute Gasteiger partial charge is 0.324 e. The van der Waals surface area contributed by atoms with Gasteiger partial charge in [0, 0.05) is 13.2 Å². The molecule has 2 aliphatic rings. The van der Waals surface area contributed by atoms with Gasteiger partial charge in [0.1, 0.15) is 5.54 Å². The second-order valence-corrected chi connectivity index (χ2v) is 7.28. The summed E-state index contributed by atoms with van der Waals surface area (Å²) in [6.45, 7) is 1.10. The number of carbonyl (C=O) groups is 1. The summed E-state index contributed by atoms with van der Waals surface area (Å²) < 4.78 is 28.7. The molecule has 7 heteroatoms. The molecule has 0 aromatic carbocycles. The zero-order chi connectivity index (χ0) is 13.2. The summed E-state index contributed by atoms with van der Waals surface area (Å²) in [4.78, 5) is 11.4. The van der Waals surface area contributed by atoms with E-state index in [4.69, 9.17) is 4.74 Å². The van der Waals surface area contributed by atoms with Crippen LogP contribution in [0.25, 0.3) is 0 Å². The molecule has 0 bridgehead atoms. The lowest BCUT2D eigenvalue weighted by Crippen LogP contribution is -2.60. The highest BCUT2D eigenvalue weighted by Gasteiger charge is 2.45. The molecule has 104 valence electrons. The largest absolute Gasteiger partial charge is 0.480 e. The first-order valence-electron chi connectivity index (χ1n) is 6.24. The normalized spacial score (nSPS) is 35.4. The van der Waals surface area contributed by atoms with Crippen LogP contribution in [0.4, 0.5) is 0 Å². The number of ether oxygens (including phenoxy) is 1. The van der Waals surface area contributed by atoms with Gasteiger partial charge in [-0.3, -0.25) is 10.1 Å². The summed E-state index contributed by atoms with van der Waals surface area (Å²) >= 11 is 0. The van der Waals surface area contributed by atoms with Crippen LogP contribution in [0.1, 0.15) is 25.7 Å². The Morgan fingerprint density at radius 1 is 1.44 bits per heavy atom. The summed E-state index contributed by atoms with van der Waals surface area (Å²) in [7, 11) is -3.27. The van der Waals surface area contributed by atoms with Gasteiger partial charge in [-0.2, -0.15) is 0 Å². The molecule has 2 atom stereocenters. The van der Waals surface area contributed by atoms with Crippen molar-refractivity contribution >= 4 is 15.8 Å². The fourth-order valence-electron chi connectivity index (χ4n) is 2.61. The molecule has 2 saturated heterocycles. The summed E-state index contributed by atoms with van der Waals surface area (Å²) in [5.41, 5.74) is -1.33. The van der Waals surface area contributed by atoms with Gasteiger partial charge in [-0.25, -0.2) is 8.42 Å². The molecule has 6 nitrogen and oxygen atoms in total. The molecule has 0 amide bonds. The van der Waals surface area contributed by atoms with Crippen molar-refractivity contribution < 1.29 is 23.1 Å². The lowest BCUT2D eigenvalue weighted by molar-refractivity contribution is -0.144. The maximum atomic E-state index is 11.6. The first-order chi connectivity index (χ1) is 8.44. The predicted octanol–water partition coefficient (Wildman–Crippen LogP) is -0.213. The van der Waals surface area contributed by atoms with E-state index in [9.17, 15) is 18.3 Å². The van der Waals surface area contributed by atoms with Crippen LogP contribution in [0.3, 0.4) is 0 Å². The maximum Gasteiger partial charge on any atom is 0.324 e. The zero-order valence-electron chi connectivity index (χ0n) is 10.2. The predicted molar refractivity (Wildman–Crippen MR) is 65.2 cm³/mol. The molecule has 2 fully saturated rings. The minimum absolute atomic E-state index is 0.00542. The molecule has 0 aliphatic carbocycles. The van der Waals surface area contributed by atoms with E-state index < -0.39 is 21.3 Å². The van der Waals surface area contributed by atoms with Crippen LogP contribution in [-0.4, -0.2) is 55.8 Å². The van der Waals surface area contributed by atoms with Crippen molar-refractivity contribution in [3.63, 3.8) is 0 Å². The van der Waals surface area contributed by atoms with Gasteiger partial charge in [-0.15, -0.1) is 0 Å². The van der Waals surface area contributed by atoms with Crippen LogP contribution < -0.4 is 5.32 Å². The summed E-state index contributed by atoms with van der Waals surface area (Å²) in [6.07, 6.45) is 2.63. The lowest BCUT2D eigenvalue weighted by Gasteiger charge is -2.34. The fourth-order valence-corrected chi connectivity index (χ4v) is 4.46. The first kappa shape index (κ1) is 13.8. The van der Waals surface area contributed by atoms with E-state index in [-0.39, 0.29) is 17.6 Å². The van der Waals surface area contributed by atoms with Crippen LogP contribution in [-0.2, 0) is 19.4 Å². The molecular formula is C11H19NO5S. The van der Waals surface area contributed by atoms with E-state index in [0.717, 1.165) is 12.8 Å². The highest BCUT2D eigenvalue weighted by atomic mass is 32.2. The third-order valence-corrected chi connectivity index (χ3v) is 5.47. The lowest BCUT2D eigenvalue weighted by atomic mass is 9.95. The Morgan fingerprint density at radius 2 is 2.22 bits per heavy atom. The quantitative estimate of drug-likeness (QED) is 0.738. The molecule has 2 heterocycles. The molecule has 2 N–H and O–H groups in total. The van der Waals surface area contributed by atoms with Crippen molar-refractivity contribution in [2.75, 3.05) is 24.7 Å². The Bertz CT molecular complexity index is 415. The Balaban J connectivity index is 2.04. The van der Waals surface area contributed by atoms with Gasteiger partial charge in [0.2, 0.25) is 0 Å². The molecule has 2 rings (SSSR count). The van der Waals surface area contributed by atoms with E-state index in [0.29, 0.717) is 26.0 Å². The minimum atomic E-state index is -3.27. The third-order valence-electron chi connectivity index (χ3n) is 3.63. The second kappa shape index (κ2) is 5.14. The van der Waals surface area contributed by atoms with Crippen LogP contribution in [0.2, 0.25) is 0 Å². The summed E-state index contributed by atoms with van der Waals surface area (Å²) in [6, 6.07) is 0. The number of carboxylic acids is 1. The Kier molecular flexibility index (Phi) is 3.93. The van der Waals surface area contributed by atoms with Crippen molar-refractivity contribution in [3.05, 3.63) is 0 Å². The number of hydrogen-bond donors (Lipinski definition) is 2. The number of hydrogen-bond acceptors (Lipinski definition) is 5. The Labute approximate surface area is 107 Å². The maximum absolute atomic E-state index is 11.6. The molecular weight excluding hydrogens is 258 g/mol. The van der Waals surface area contributed by atoms with Gasteiger partial charge in [-0.1, -0.05) is 0 Å². The SMILES string of the molecule is O=C(O)C1(NCC2CCCO2)CCCS(=O)(=O)C1. The number of carboxylic acid groups (broad SMARTS) is 1. The van der Waals surface area contributed by atoms with E-state index in [1.165, 1.54) is 0 Å². The topological polar surface area (TPSA) is 92.7 Å². The fraction of sp³-hybridized carbons (Fsp3) is 0.909. The molecule has 2 unspecified atom stereocenters. The van der Waals surface area contributed by atoms with E-state index in [2.05, 4.69) is 5.32 Å². The van der Waals surface area contributed by atoms with Gasteiger partial charge < -0.3 is 9.84 Å². The molecule has 0 saturated carbocycles. The van der Waals surface area contributed by atoms with Crippen LogP contribution in [0.5, 0.6) is 0 Å². The van der Waals surface area contributed by atoms with Crippen molar-refractivity contribution in [2.45, 2.75) is 37.3 Å². The highest BCUT2D eigenvalue weighted by Crippen LogP contribution is 2.24. The second-order valence-electron chi connectivity index (χ2n) is 5.10. The number of rotatable bonds is 4. The van der Waals surface area contributed by atoms with Crippen molar-refractivity contribution in [2.24, 2.45) is 0 Å². The molecule has 0 radical (unpaired) electrons. The Hall–Kier alpha value is -0.660.